The van der Waals surface area contributed by atoms with E-state index in [-0.39, 0.29) is 11.9 Å². The summed E-state index contributed by atoms with van der Waals surface area (Å²) in [6, 6.07) is 13.0. The van der Waals surface area contributed by atoms with Crippen LogP contribution in [0.1, 0.15) is 11.1 Å². The maximum atomic E-state index is 12.7. The van der Waals surface area contributed by atoms with Gasteiger partial charge in [0.25, 0.3) is 5.91 Å². The Morgan fingerprint density at radius 3 is 2.35 bits per heavy atom. The zero-order chi connectivity index (χ0) is 14.2. The molecule has 100 valence electrons. The number of amides is 1. The molecule has 20 heavy (non-hydrogen) atoms. The van der Waals surface area contributed by atoms with E-state index in [9.17, 15) is 4.79 Å². The molecule has 0 saturated heterocycles. The van der Waals surface area contributed by atoms with Crippen LogP contribution in [0, 0.1) is 0 Å². The largest absolute Gasteiger partial charge is 0.369 e. The monoisotopic (exact) mass is 266 g/mol. The molecule has 1 aromatic heterocycles. The first-order chi connectivity index (χ1) is 9.66. The number of carbonyl (C=O) groups excluding carboxylic acids is 1. The number of likely N-dealkylation sites (N-methyl/N-ethyl adjacent to an activating group) is 1. The van der Waals surface area contributed by atoms with Crippen LogP contribution in [0.25, 0.3) is 0 Å². The van der Waals surface area contributed by atoms with Crippen LogP contribution >= 0.6 is 0 Å². The Morgan fingerprint density at radius 1 is 1.10 bits per heavy atom. The lowest BCUT2D eigenvalue weighted by molar-refractivity contribution is -0.129. The summed E-state index contributed by atoms with van der Waals surface area (Å²) in [6.45, 7) is 0. The molecule has 2 N–H and O–H groups in total. The Balaban J connectivity index is 2.28. The number of nitrogens with two attached hydrogens (primary N) is 1. The molecule has 0 spiro atoms. The summed E-state index contributed by atoms with van der Waals surface area (Å²) in [5, 5.41) is 0. The summed E-state index contributed by atoms with van der Waals surface area (Å²) >= 11 is 0. The molecule has 1 unspecified atom stereocenters. The highest BCUT2D eigenvalue weighted by molar-refractivity contribution is 6.08. The van der Waals surface area contributed by atoms with E-state index in [1.165, 1.54) is 4.90 Å². The molecule has 1 atom stereocenters. The molecule has 1 aromatic carbocycles. The number of rotatable bonds is 2. The molecule has 0 radical (unpaired) electrons. The Morgan fingerprint density at radius 2 is 1.80 bits per heavy atom. The predicted octanol–water partition coefficient (Wildman–Crippen LogP) is 1.11. The van der Waals surface area contributed by atoms with Crippen molar-refractivity contribution in [3.8, 4) is 0 Å². The number of aliphatic imine (C=N–C) groups is 1. The average molecular weight is 266 g/mol. The summed E-state index contributed by atoms with van der Waals surface area (Å²) in [4.78, 5) is 22.7. The highest BCUT2D eigenvalue weighted by Gasteiger charge is 2.49. The van der Waals surface area contributed by atoms with Crippen LogP contribution in [-0.4, -0.2) is 28.8 Å². The number of hydrogen-bond donors (Lipinski definition) is 1. The number of carbonyl (C=O) groups is 1. The summed E-state index contributed by atoms with van der Waals surface area (Å²) in [5.74, 6) is 0.0388. The fourth-order valence-electron chi connectivity index (χ4n) is 2.44. The van der Waals surface area contributed by atoms with Crippen LogP contribution in [0.4, 0.5) is 0 Å². The second-order valence-electron chi connectivity index (χ2n) is 4.65. The van der Waals surface area contributed by atoms with Gasteiger partial charge in [-0.3, -0.25) is 14.7 Å². The van der Waals surface area contributed by atoms with Crippen LogP contribution in [-0.2, 0) is 10.3 Å². The van der Waals surface area contributed by atoms with Crippen molar-refractivity contribution in [3.63, 3.8) is 0 Å². The topological polar surface area (TPSA) is 71.6 Å². The van der Waals surface area contributed by atoms with Crippen molar-refractivity contribution >= 4 is 11.9 Å². The molecule has 0 aliphatic carbocycles. The van der Waals surface area contributed by atoms with Gasteiger partial charge in [0.2, 0.25) is 0 Å². The van der Waals surface area contributed by atoms with E-state index in [0.29, 0.717) is 5.56 Å². The quantitative estimate of drug-likeness (QED) is 0.885. The molecule has 5 heteroatoms. The molecule has 3 rings (SSSR count). The van der Waals surface area contributed by atoms with Crippen LogP contribution in [0.15, 0.2) is 59.9 Å². The van der Waals surface area contributed by atoms with E-state index >= 15 is 0 Å². The minimum absolute atomic E-state index is 0.172. The molecule has 5 nitrogen and oxygen atoms in total. The van der Waals surface area contributed by atoms with Gasteiger partial charge in [0.1, 0.15) is 0 Å². The van der Waals surface area contributed by atoms with Crippen molar-refractivity contribution in [3.05, 3.63) is 66.0 Å². The molecule has 1 amide bonds. The van der Waals surface area contributed by atoms with Gasteiger partial charge >= 0.3 is 0 Å². The fourth-order valence-corrected chi connectivity index (χ4v) is 2.44. The lowest BCUT2D eigenvalue weighted by atomic mass is 9.84. The summed E-state index contributed by atoms with van der Waals surface area (Å²) in [7, 11) is 1.63. The van der Waals surface area contributed by atoms with Gasteiger partial charge in [-0.25, -0.2) is 4.99 Å². The number of benzene rings is 1. The SMILES string of the molecule is CN1C(=O)C(c2ccccc2)(c2cccnc2)N=C1N. The van der Waals surface area contributed by atoms with Crippen molar-refractivity contribution in [1.29, 1.82) is 0 Å². The number of nitrogens with zero attached hydrogens (tertiary/aromatic N) is 3. The first-order valence-electron chi connectivity index (χ1n) is 6.26. The molecule has 2 heterocycles. The second-order valence-corrected chi connectivity index (χ2v) is 4.65. The minimum Gasteiger partial charge on any atom is -0.369 e. The maximum absolute atomic E-state index is 12.7. The van der Waals surface area contributed by atoms with Crippen molar-refractivity contribution < 1.29 is 4.79 Å². The van der Waals surface area contributed by atoms with Gasteiger partial charge in [0.05, 0.1) is 0 Å². The van der Waals surface area contributed by atoms with E-state index in [4.69, 9.17) is 5.73 Å². The normalized spacial score (nSPS) is 21.9. The summed E-state index contributed by atoms with van der Waals surface area (Å²) < 4.78 is 0. The van der Waals surface area contributed by atoms with E-state index in [1.54, 1.807) is 25.5 Å². The molecule has 2 aromatic rings. The lowest BCUT2D eigenvalue weighted by Gasteiger charge is -2.25. The molecule has 0 saturated carbocycles. The number of pyridine rings is 1. The van der Waals surface area contributed by atoms with Gasteiger partial charge < -0.3 is 5.73 Å². The third kappa shape index (κ3) is 1.60. The van der Waals surface area contributed by atoms with Gasteiger partial charge in [-0.2, -0.15) is 0 Å². The van der Waals surface area contributed by atoms with E-state index in [2.05, 4.69) is 9.98 Å². The Kier molecular flexibility index (Phi) is 2.75. The first-order valence-corrected chi connectivity index (χ1v) is 6.26. The third-order valence-electron chi connectivity index (χ3n) is 3.51. The average Bonchev–Trinajstić information content (AvgIpc) is 2.74. The van der Waals surface area contributed by atoms with E-state index in [0.717, 1.165) is 5.56 Å². The highest BCUT2D eigenvalue weighted by Crippen LogP contribution is 2.38. The summed E-state index contributed by atoms with van der Waals surface area (Å²) in [5.41, 5.74) is 6.22. The number of guanidine groups is 1. The molecular weight excluding hydrogens is 252 g/mol. The van der Waals surface area contributed by atoms with Gasteiger partial charge in [-0.05, 0) is 11.6 Å². The minimum atomic E-state index is -1.13. The third-order valence-corrected chi connectivity index (χ3v) is 3.51. The number of hydrogen-bond acceptors (Lipinski definition) is 4. The van der Waals surface area contributed by atoms with Crippen molar-refractivity contribution in [2.24, 2.45) is 10.7 Å². The zero-order valence-electron chi connectivity index (χ0n) is 11.0. The second kappa shape index (κ2) is 4.45. The highest BCUT2D eigenvalue weighted by atomic mass is 16.2. The standard InChI is InChI=1S/C15H14N4O/c1-19-13(20)15(18-14(19)16,11-6-3-2-4-7-11)12-8-5-9-17-10-12/h2-10H,1H3,(H2,16,18). The first kappa shape index (κ1) is 12.3. The Hall–Kier alpha value is -2.69. The number of aromatic nitrogens is 1. The van der Waals surface area contributed by atoms with Crippen LogP contribution in [0.3, 0.4) is 0 Å². The van der Waals surface area contributed by atoms with Crippen molar-refractivity contribution in [1.82, 2.24) is 9.88 Å². The zero-order valence-corrected chi connectivity index (χ0v) is 11.0. The van der Waals surface area contributed by atoms with E-state index in [1.807, 2.05) is 36.4 Å². The summed E-state index contributed by atoms with van der Waals surface area (Å²) in [6.07, 6.45) is 3.32. The molecule has 0 fully saturated rings. The van der Waals surface area contributed by atoms with Crippen molar-refractivity contribution in [2.45, 2.75) is 5.54 Å². The smallest absolute Gasteiger partial charge is 0.266 e. The predicted molar refractivity (Wildman–Crippen MR) is 75.9 cm³/mol. The van der Waals surface area contributed by atoms with Gasteiger partial charge in [0, 0.05) is 25.0 Å². The van der Waals surface area contributed by atoms with Gasteiger partial charge in [-0.15, -0.1) is 0 Å². The molecule has 1 aliphatic rings. The molecule has 1 aliphatic heterocycles. The fraction of sp³-hybridized carbons (Fsp3) is 0.133. The van der Waals surface area contributed by atoms with Crippen LogP contribution in [0.2, 0.25) is 0 Å². The van der Waals surface area contributed by atoms with Gasteiger partial charge in [0.15, 0.2) is 11.5 Å². The lowest BCUT2D eigenvalue weighted by Crippen LogP contribution is -2.41. The molecule has 0 bridgehead atoms. The Labute approximate surface area is 116 Å². The van der Waals surface area contributed by atoms with Crippen LogP contribution in [0.5, 0.6) is 0 Å². The van der Waals surface area contributed by atoms with E-state index < -0.39 is 5.54 Å². The Bertz CT molecular complexity index is 627. The van der Waals surface area contributed by atoms with Crippen molar-refractivity contribution in [2.75, 3.05) is 7.05 Å². The maximum Gasteiger partial charge on any atom is 0.266 e. The van der Waals surface area contributed by atoms with Gasteiger partial charge in [-0.1, -0.05) is 36.4 Å². The van der Waals surface area contributed by atoms with Crippen LogP contribution < -0.4 is 5.73 Å². The molecular formula is C15H14N4O.